The summed E-state index contributed by atoms with van der Waals surface area (Å²) in [7, 11) is 3.51. The SMILES string of the molecule is COc1ccn2ccc(CC(C)N(C)C(C)=O)c2c1. The van der Waals surface area contributed by atoms with Crippen LogP contribution in [0.3, 0.4) is 0 Å². The van der Waals surface area contributed by atoms with Crippen LogP contribution < -0.4 is 4.74 Å². The fraction of sp³-hybridized carbons (Fsp3) is 0.400. The van der Waals surface area contributed by atoms with E-state index in [0.717, 1.165) is 17.7 Å². The minimum Gasteiger partial charge on any atom is -0.497 e. The summed E-state index contributed by atoms with van der Waals surface area (Å²) >= 11 is 0. The number of aromatic nitrogens is 1. The predicted octanol–water partition coefficient (Wildman–Crippen LogP) is 2.36. The van der Waals surface area contributed by atoms with Crippen molar-refractivity contribution in [3.05, 3.63) is 36.2 Å². The number of fused-ring (bicyclic) bond motifs is 1. The first-order valence-corrected chi connectivity index (χ1v) is 6.40. The van der Waals surface area contributed by atoms with Crippen molar-refractivity contribution in [3.8, 4) is 5.75 Å². The lowest BCUT2D eigenvalue weighted by atomic mass is 10.1. The van der Waals surface area contributed by atoms with Crippen LogP contribution in [0.2, 0.25) is 0 Å². The number of likely N-dealkylation sites (N-methyl/N-ethyl adjacent to an activating group) is 1. The van der Waals surface area contributed by atoms with Crippen molar-refractivity contribution in [3.63, 3.8) is 0 Å². The Labute approximate surface area is 113 Å². The maximum absolute atomic E-state index is 11.4. The van der Waals surface area contributed by atoms with Crippen molar-refractivity contribution >= 4 is 11.4 Å². The number of carbonyl (C=O) groups is 1. The molecule has 0 aliphatic rings. The zero-order valence-electron chi connectivity index (χ0n) is 11.9. The number of nitrogens with zero attached hydrogens (tertiary/aromatic N) is 2. The van der Waals surface area contributed by atoms with Gasteiger partial charge in [-0.2, -0.15) is 0 Å². The van der Waals surface area contributed by atoms with Crippen LogP contribution in [-0.4, -0.2) is 35.4 Å². The molecule has 2 aromatic heterocycles. The van der Waals surface area contributed by atoms with Gasteiger partial charge < -0.3 is 14.0 Å². The summed E-state index contributed by atoms with van der Waals surface area (Å²) in [5.74, 6) is 0.939. The zero-order valence-corrected chi connectivity index (χ0v) is 11.9. The summed E-state index contributed by atoms with van der Waals surface area (Å²) in [4.78, 5) is 13.1. The first-order valence-electron chi connectivity index (χ1n) is 6.40. The molecular formula is C15H20N2O2. The molecule has 0 aromatic carbocycles. The average molecular weight is 260 g/mol. The Balaban J connectivity index is 2.27. The molecule has 0 spiro atoms. The summed E-state index contributed by atoms with van der Waals surface area (Å²) in [5, 5.41) is 0. The molecule has 2 rings (SSSR count). The van der Waals surface area contributed by atoms with E-state index in [9.17, 15) is 4.79 Å². The molecule has 0 bridgehead atoms. The Hall–Kier alpha value is -1.97. The molecule has 19 heavy (non-hydrogen) atoms. The van der Waals surface area contributed by atoms with Gasteiger partial charge >= 0.3 is 0 Å². The highest BCUT2D eigenvalue weighted by Crippen LogP contribution is 2.21. The molecular weight excluding hydrogens is 240 g/mol. The number of hydrogen-bond donors (Lipinski definition) is 0. The van der Waals surface area contributed by atoms with Crippen LogP contribution in [-0.2, 0) is 11.2 Å². The number of rotatable bonds is 4. The van der Waals surface area contributed by atoms with Gasteiger partial charge in [0.15, 0.2) is 0 Å². The molecule has 4 heteroatoms. The van der Waals surface area contributed by atoms with Crippen LogP contribution in [0, 0.1) is 0 Å². The summed E-state index contributed by atoms with van der Waals surface area (Å²) < 4.78 is 7.33. The largest absolute Gasteiger partial charge is 0.497 e. The van der Waals surface area contributed by atoms with E-state index in [2.05, 4.69) is 17.4 Å². The van der Waals surface area contributed by atoms with Gasteiger partial charge in [0.05, 0.1) is 12.6 Å². The van der Waals surface area contributed by atoms with Gasteiger partial charge in [-0.3, -0.25) is 4.79 Å². The molecule has 1 atom stereocenters. The number of ether oxygens (including phenoxy) is 1. The minimum absolute atomic E-state index is 0.0913. The lowest BCUT2D eigenvalue weighted by molar-refractivity contribution is -0.129. The van der Waals surface area contributed by atoms with E-state index in [4.69, 9.17) is 4.74 Å². The Bertz CT molecular complexity index is 589. The fourth-order valence-electron chi connectivity index (χ4n) is 2.20. The fourth-order valence-corrected chi connectivity index (χ4v) is 2.20. The van der Waals surface area contributed by atoms with E-state index >= 15 is 0 Å². The predicted molar refractivity (Wildman–Crippen MR) is 75.6 cm³/mol. The van der Waals surface area contributed by atoms with Crippen molar-refractivity contribution in [2.75, 3.05) is 14.2 Å². The van der Waals surface area contributed by atoms with Crippen LogP contribution in [0.1, 0.15) is 19.4 Å². The standard InChI is InChI=1S/C15H20N2O2/c1-11(16(3)12(2)18)9-13-5-7-17-8-6-14(19-4)10-15(13)17/h5-8,10-11H,9H2,1-4H3. The van der Waals surface area contributed by atoms with E-state index < -0.39 is 0 Å². The van der Waals surface area contributed by atoms with Crippen molar-refractivity contribution in [2.24, 2.45) is 0 Å². The zero-order chi connectivity index (χ0) is 14.0. The number of hydrogen-bond acceptors (Lipinski definition) is 2. The molecule has 0 radical (unpaired) electrons. The van der Waals surface area contributed by atoms with Crippen LogP contribution in [0.4, 0.5) is 0 Å². The minimum atomic E-state index is 0.0913. The van der Waals surface area contributed by atoms with Crippen molar-refractivity contribution in [1.29, 1.82) is 0 Å². The average Bonchev–Trinajstić information content (AvgIpc) is 2.80. The lowest BCUT2D eigenvalue weighted by Gasteiger charge is -2.23. The number of carbonyl (C=O) groups excluding carboxylic acids is 1. The van der Waals surface area contributed by atoms with E-state index in [1.165, 1.54) is 5.56 Å². The van der Waals surface area contributed by atoms with E-state index in [1.807, 2.05) is 31.6 Å². The third kappa shape index (κ3) is 2.72. The van der Waals surface area contributed by atoms with Crippen LogP contribution in [0.5, 0.6) is 5.75 Å². The molecule has 0 N–H and O–H groups in total. The Kier molecular flexibility index (Phi) is 3.79. The molecule has 1 unspecified atom stereocenters. The Morgan fingerprint density at radius 1 is 1.42 bits per heavy atom. The number of pyridine rings is 1. The van der Waals surface area contributed by atoms with E-state index in [0.29, 0.717) is 0 Å². The highest BCUT2D eigenvalue weighted by atomic mass is 16.5. The topological polar surface area (TPSA) is 34.0 Å². The van der Waals surface area contributed by atoms with Gasteiger partial charge in [-0.15, -0.1) is 0 Å². The first-order chi connectivity index (χ1) is 9.02. The Morgan fingerprint density at radius 3 is 2.74 bits per heavy atom. The summed E-state index contributed by atoms with van der Waals surface area (Å²) in [6.07, 6.45) is 4.85. The quantitative estimate of drug-likeness (QED) is 0.845. The van der Waals surface area contributed by atoms with Gasteiger partial charge in [0, 0.05) is 38.5 Å². The normalized spacial score (nSPS) is 12.4. The van der Waals surface area contributed by atoms with Gasteiger partial charge in [0.25, 0.3) is 0 Å². The maximum Gasteiger partial charge on any atom is 0.219 e. The van der Waals surface area contributed by atoms with Crippen LogP contribution in [0.25, 0.3) is 5.52 Å². The van der Waals surface area contributed by atoms with Crippen molar-refractivity contribution in [2.45, 2.75) is 26.3 Å². The van der Waals surface area contributed by atoms with Gasteiger partial charge in [-0.25, -0.2) is 0 Å². The van der Waals surface area contributed by atoms with Gasteiger partial charge in [-0.05, 0) is 31.0 Å². The summed E-state index contributed by atoms with van der Waals surface area (Å²) in [6.45, 7) is 3.66. The van der Waals surface area contributed by atoms with Crippen LogP contribution >= 0.6 is 0 Å². The van der Waals surface area contributed by atoms with Crippen LogP contribution in [0.15, 0.2) is 30.6 Å². The first kappa shape index (κ1) is 13.5. The highest BCUT2D eigenvalue weighted by Gasteiger charge is 2.14. The number of amides is 1. The smallest absolute Gasteiger partial charge is 0.219 e. The lowest BCUT2D eigenvalue weighted by Crippen LogP contribution is -2.34. The van der Waals surface area contributed by atoms with E-state index in [-0.39, 0.29) is 11.9 Å². The van der Waals surface area contributed by atoms with Gasteiger partial charge in [0.1, 0.15) is 5.75 Å². The third-order valence-corrected chi connectivity index (χ3v) is 3.63. The van der Waals surface area contributed by atoms with Gasteiger partial charge in [0.2, 0.25) is 5.91 Å². The second-order valence-electron chi connectivity index (χ2n) is 4.88. The molecule has 0 fully saturated rings. The van der Waals surface area contributed by atoms with E-state index in [1.54, 1.807) is 18.9 Å². The molecule has 0 aliphatic heterocycles. The number of methoxy groups -OCH3 is 1. The molecule has 2 heterocycles. The molecule has 0 saturated carbocycles. The highest BCUT2D eigenvalue weighted by molar-refractivity contribution is 5.73. The summed E-state index contributed by atoms with van der Waals surface area (Å²) in [6, 6.07) is 6.23. The molecule has 0 aliphatic carbocycles. The molecule has 2 aromatic rings. The second kappa shape index (κ2) is 5.34. The van der Waals surface area contributed by atoms with Crippen molar-refractivity contribution < 1.29 is 9.53 Å². The molecule has 0 saturated heterocycles. The van der Waals surface area contributed by atoms with Gasteiger partial charge in [-0.1, -0.05) is 0 Å². The maximum atomic E-state index is 11.4. The van der Waals surface area contributed by atoms with Crippen molar-refractivity contribution in [1.82, 2.24) is 9.30 Å². The second-order valence-corrected chi connectivity index (χ2v) is 4.88. The molecule has 102 valence electrons. The Morgan fingerprint density at radius 2 is 2.11 bits per heavy atom. The molecule has 4 nitrogen and oxygen atoms in total. The monoisotopic (exact) mass is 260 g/mol. The third-order valence-electron chi connectivity index (χ3n) is 3.63. The summed E-state index contributed by atoms with van der Waals surface area (Å²) in [5.41, 5.74) is 2.35. The molecule has 1 amide bonds.